The Hall–Kier alpha value is -2.52. The van der Waals surface area contributed by atoms with Gasteiger partial charge < -0.3 is 10.1 Å². The molecule has 2 aromatic rings. The van der Waals surface area contributed by atoms with Gasteiger partial charge in [-0.25, -0.2) is 9.78 Å². The lowest BCUT2D eigenvalue weighted by molar-refractivity contribution is -0.115. The molecule has 0 radical (unpaired) electrons. The summed E-state index contributed by atoms with van der Waals surface area (Å²) in [6, 6.07) is 3.66. The van der Waals surface area contributed by atoms with E-state index >= 15 is 0 Å². The van der Waals surface area contributed by atoms with Crippen LogP contribution in [-0.4, -0.2) is 33.6 Å². The van der Waals surface area contributed by atoms with Crippen LogP contribution in [0.15, 0.2) is 34.4 Å². The Morgan fingerprint density at radius 3 is 3.04 bits per heavy atom. The number of nitrogens with one attached hydrogen (secondary N) is 1. The molecule has 0 aromatic carbocycles. The van der Waals surface area contributed by atoms with E-state index in [1.54, 1.807) is 38.4 Å². The Labute approximate surface area is 152 Å². The molecule has 0 bridgehead atoms. The van der Waals surface area contributed by atoms with Crippen LogP contribution in [-0.2, 0) is 9.53 Å². The average molecular weight is 374 g/mol. The zero-order valence-corrected chi connectivity index (χ0v) is 15.1. The Morgan fingerprint density at radius 2 is 2.32 bits per heavy atom. The number of carbonyl (C=O) groups is 2. The van der Waals surface area contributed by atoms with Crippen molar-refractivity contribution < 1.29 is 14.3 Å². The number of rotatable bonds is 4. The van der Waals surface area contributed by atoms with Gasteiger partial charge in [0.2, 0.25) is 5.13 Å². The van der Waals surface area contributed by atoms with Crippen LogP contribution in [0.4, 0.5) is 5.13 Å². The van der Waals surface area contributed by atoms with Crippen molar-refractivity contribution in [1.29, 1.82) is 0 Å². The Balaban J connectivity index is 1.79. The van der Waals surface area contributed by atoms with Crippen molar-refractivity contribution in [3.8, 4) is 0 Å². The van der Waals surface area contributed by atoms with E-state index in [2.05, 4.69) is 20.3 Å². The molecule has 3 heterocycles. The normalized spacial score (nSPS) is 17.1. The van der Waals surface area contributed by atoms with E-state index < -0.39 is 5.97 Å². The number of thioether (sulfide) groups is 1. The van der Waals surface area contributed by atoms with Gasteiger partial charge in [0, 0.05) is 12.4 Å². The summed E-state index contributed by atoms with van der Waals surface area (Å²) in [5, 5.41) is 3.51. The van der Waals surface area contributed by atoms with Gasteiger partial charge >= 0.3 is 5.97 Å². The standard InChI is InChI=1S/C16H14N4O3S2/c1-3-23-14(22)12-9(2)18-15(25-12)20-16-19-13(21)11(24-16)7-10-5-4-6-17-8-10/h4-8H,3H2,1-2H3,(H,18,19,20,21)/b11-7-. The molecule has 1 aliphatic rings. The van der Waals surface area contributed by atoms with Gasteiger partial charge in [0.1, 0.15) is 4.88 Å². The number of aliphatic imine (C=N–C) groups is 1. The Bertz CT molecular complexity index is 875. The summed E-state index contributed by atoms with van der Waals surface area (Å²) in [5.41, 5.74) is 1.39. The summed E-state index contributed by atoms with van der Waals surface area (Å²) < 4.78 is 4.99. The summed E-state index contributed by atoms with van der Waals surface area (Å²) in [5.74, 6) is -0.643. The van der Waals surface area contributed by atoms with Crippen molar-refractivity contribution in [3.63, 3.8) is 0 Å². The highest BCUT2D eigenvalue weighted by Gasteiger charge is 2.25. The number of aryl methyl sites for hydroxylation is 1. The van der Waals surface area contributed by atoms with E-state index in [1.807, 2.05) is 6.07 Å². The molecule has 1 amide bonds. The van der Waals surface area contributed by atoms with Gasteiger partial charge in [0.25, 0.3) is 5.91 Å². The number of amidine groups is 1. The Morgan fingerprint density at radius 1 is 1.48 bits per heavy atom. The number of amides is 1. The third-order valence-electron chi connectivity index (χ3n) is 3.08. The quantitative estimate of drug-likeness (QED) is 0.653. The van der Waals surface area contributed by atoms with E-state index in [0.29, 0.717) is 32.4 Å². The summed E-state index contributed by atoms with van der Waals surface area (Å²) in [4.78, 5) is 37.4. The molecular formula is C16H14N4O3S2. The SMILES string of the molecule is CCOC(=O)c1sc(/N=C2\NC(=O)/C(=C/c3cccnc3)S2)nc1C. The van der Waals surface area contributed by atoms with Crippen LogP contribution >= 0.6 is 23.1 Å². The minimum absolute atomic E-state index is 0.230. The lowest BCUT2D eigenvalue weighted by Gasteiger charge is -1.97. The predicted octanol–water partition coefficient (Wildman–Crippen LogP) is 2.91. The van der Waals surface area contributed by atoms with E-state index in [0.717, 1.165) is 16.9 Å². The van der Waals surface area contributed by atoms with Gasteiger partial charge in [0.15, 0.2) is 5.17 Å². The van der Waals surface area contributed by atoms with Gasteiger partial charge in [-0.1, -0.05) is 17.4 Å². The number of esters is 1. The molecule has 25 heavy (non-hydrogen) atoms. The molecule has 2 aromatic heterocycles. The fourth-order valence-electron chi connectivity index (χ4n) is 2.00. The first-order valence-electron chi connectivity index (χ1n) is 7.41. The molecule has 9 heteroatoms. The van der Waals surface area contributed by atoms with Crippen LogP contribution in [0.1, 0.15) is 27.9 Å². The lowest BCUT2D eigenvalue weighted by Crippen LogP contribution is -2.19. The minimum Gasteiger partial charge on any atom is -0.462 e. The van der Waals surface area contributed by atoms with Gasteiger partial charge in [-0.05, 0) is 43.3 Å². The number of pyridine rings is 1. The van der Waals surface area contributed by atoms with Crippen molar-refractivity contribution in [2.45, 2.75) is 13.8 Å². The fourth-order valence-corrected chi connectivity index (χ4v) is 3.71. The number of nitrogens with zero attached hydrogens (tertiary/aromatic N) is 3. The molecule has 0 spiro atoms. The number of aromatic nitrogens is 2. The van der Waals surface area contributed by atoms with E-state index in [1.165, 1.54) is 11.8 Å². The van der Waals surface area contributed by atoms with Crippen LogP contribution in [0.2, 0.25) is 0 Å². The first-order chi connectivity index (χ1) is 12.1. The number of thiazole rings is 1. The second-order valence-electron chi connectivity index (χ2n) is 4.90. The van der Waals surface area contributed by atoms with Crippen molar-refractivity contribution in [2.24, 2.45) is 4.99 Å². The molecule has 128 valence electrons. The number of hydrogen-bond acceptors (Lipinski definition) is 8. The molecule has 7 nitrogen and oxygen atoms in total. The Kier molecular flexibility index (Phi) is 5.25. The van der Waals surface area contributed by atoms with Crippen molar-refractivity contribution >= 4 is 51.4 Å². The number of carbonyl (C=O) groups excluding carboxylic acids is 2. The van der Waals surface area contributed by atoms with E-state index in [4.69, 9.17) is 4.74 Å². The maximum atomic E-state index is 12.1. The molecule has 1 aliphatic heterocycles. The van der Waals surface area contributed by atoms with Crippen LogP contribution < -0.4 is 5.32 Å². The van der Waals surface area contributed by atoms with Gasteiger partial charge in [-0.2, -0.15) is 4.99 Å². The van der Waals surface area contributed by atoms with Crippen LogP contribution in [0.3, 0.4) is 0 Å². The number of hydrogen-bond donors (Lipinski definition) is 1. The highest BCUT2D eigenvalue weighted by Crippen LogP contribution is 2.31. The third kappa shape index (κ3) is 4.12. The largest absolute Gasteiger partial charge is 0.462 e. The van der Waals surface area contributed by atoms with E-state index in [-0.39, 0.29) is 5.91 Å². The molecule has 3 rings (SSSR count). The van der Waals surface area contributed by atoms with Crippen molar-refractivity contribution in [3.05, 3.63) is 45.6 Å². The maximum Gasteiger partial charge on any atom is 0.350 e. The number of ether oxygens (including phenoxy) is 1. The molecule has 1 N–H and O–H groups in total. The van der Waals surface area contributed by atoms with Gasteiger partial charge in [-0.15, -0.1) is 0 Å². The maximum absolute atomic E-state index is 12.1. The van der Waals surface area contributed by atoms with Crippen LogP contribution in [0, 0.1) is 6.92 Å². The second-order valence-corrected chi connectivity index (χ2v) is 6.91. The third-order valence-corrected chi connectivity index (χ3v) is 5.02. The zero-order valence-electron chi connectivity index (χ0n) is 13.5. The molecule has 0 unspecified atom stereocenters. The molecular weight excluding hydrogens is 360 g/mol. The highest BCUT2D eigenvalue weighted by molar-refractivity contribution is 8.18. The van der Waals surface area contributed by atoms with Crippen molar-refractivity contribution in [1.82, 2.24) is 15.3 Å². The van der Waals surface area contributed by atoms with Crippen molar-refractivity contribution in [2.75, 3.05) is 6.61 Å². The summed E-state index contributed by atoms with van der Waals surface area (Å²) in [7, 11) is 0. The summed E-state index contributed by atoms with van der Waals surface area (Å²) in [6.45, 7) is 3.77. The topological polar surface area (TPSA) is 93.5 Å². The molecule has 1 fully saturated rings. The zero-order chi connectivity index (χ0) is 17.8. The van der Waals surface area contributed by atoms with Gasteiger partial charge in [0.05, 0.1) is 17.2 Å². The first-order valence-corrected chi connectivity index (χ1v) is 9.04. The molecule has 0 atom stereocenters. The predicted molar refractivity (Wildman–Crippen MR) is 97.9 cm³/mol. The van der Waals surface area contributed by atoms with Crippen LogP contribution in [0.25, 0.3) is 6.08 Å². The minimum atomic E-state index is -0.413. The summed E-state index contributed by atoms with van der Waals surface area (Å²) >= 11 is 2.35. The molecule has 0 aliphatic carbocycles. The highest BCUT2D eigenvalue weighted by atomic mass is 32.2. The summed E-state index contributed by atoms with van der Waals surface area (Å²) in [6.07, 6.45) is 5.08. The smallest absolute Gasteiger partial charge is 0.350 e. The monoisotopic (exact) mass is 374 g/mol. The average Bonchev–Trinajstić information content (AvgIpc) is 3.11. The molecule has 0 saturated carbocycles. The van der Waals surface area contributed by atoms with Crippen LogP contribution in [0.5, 0.6) is 0 Å². The second kappa shape index (κ2) is 7.58. The van der Waals surface area contributed by atoms with Gasteiger partial charge in [-0.3, -0.25) is 9.78 Å². The molecule has 1 saturated heterocycles. The van der Waals surface area contributed by atoms with E-state index in [9.17, 15) is 9.59 Å². The first kappa shape index (κ1) is 17.3. The fraction of sp³-hybridized carbons (Fsp3) is 0.188. The lowest BCUT2D eigenvalue weighted by atomic mass is 10.2.